The number of nitrogen functional groups attached to an aromatic ring is 2. The van der Waals surface area contributed by atoms with Gasteiger partial charge in [0.1, 0.15) is 17.5 Å². The van der Waals surface area contributed by atoms with Crippen molar-refractivity contribution in [3.63, 3.8) is 0 Å². The molecule has 1 unspecified atom stereocenters. The Morgan fingerprint density at radius 3 is 2.70 bits per heavy atom. The second-order valence-electron chi connectivity index (χ2n) is 5.41. The summed E-state index contributed by atoms with van der Waals surface area (Å²) in [6.45, 7) is 4.18. The Balaban J connectivity index is 2.02. The Labute approximate surface area is 134 Å². The summed E-state index contributed by atoms with van der Waals surface area (Å²) in [5.74, 6) is 2.42. The molecule has 1 aliphatic rings. The van der Waals surface area contributed by atoms with Crippen LogP contribution in [0.1, 0.15) is 6.92 Å². The number of nitrogens with zero attached hydrogens (tertiary/aromatic N) is 4. The molecule has 1 aliphatic heterocycles. The summed E-state index contributed by atoms with van der Waals surface area (Å²) in [6, 6.07) is 5.43. The zero-order valence-corrected chi connectivity index (χ0v) is 13.2. The van der Waals surface area contributed by atoms with Crippen molar-refractivity contribution in [2.75, 3.05) is 43.2 Å². The van der Waals surface area contributed by atoms with Gasteiger partial charge in [-0.1, -0.05) is 0 Å². The maximum Gasteiger partial charge on any atom is 0.215 e. The first-order chi connectivity index (χ1) is 11.1. The van der Waals surface area contributed by atoms with Gasteiger partial charge in [-0.2, -0.15) is 4.98 Å². The van der Waals surface area contributed by atoms with E-state index in [0.717, 1.165) is 12.4 Å². The molecule has 3 heterocycles. The molecular formula is C15H20N6O2. The van der Waals surface area contributed by atoms with Gasteiger partial charge in [0.25, 0.3) is 0 Å². The topological polar surface area (TPSA) is 112 Å². The molecule has 0 aromatic carbocycles. The summed E-state index contributed by atoms with van der Waals surface area (Å²) < 4.78 is 10.6. The number of pyridine rings is 1. The van der Waals surface area contributed by atoms with E-state index in [1.807, 2.05) is 0 Å². The molecule has 1 saturated heterocycles. The normalized spacial score (nSPS) is 18.0. The lowest BCUT2D eigenvalue weighted by Gasteiger charge is -2.34. The molecule has 2 aromatic heterocycles. The van der Waals surface area contributed by atoms with Crippen LogP contribution in [-0.4, -0.2) is 47.9 Å². The Hall–Kier alpha value is -2.61. The van der Waals surface area contributed by atoms with Crippen molar-refractivity contribution < 1.29 is 9.47 Å². The SMILES string of the molecule is COc1cc(-c2nc(N)cc(N3CCOCC3C)n2)cc(N)n1. The van der Waals surface area contributed by atoms with Crippen molar-refractivity contribution >= 4 is 17.5 Å². The molecule has 3 rings (SSSR count). The second kappa shape index (κ2) is 6.25. The molecule has 8 nitrogen and oxygen atoms in total. The van der Waals surface area contributed by atoms with E-state index in [4.69, 9.17) is 20.9 Å². The maximum atomic E-state index is 5.97. The van der Waals surface area contributed by atoms with Crippen molar-refractivity contribution in [3.05, 3.63) is 18.2 Å². The maximum absolute atomic E-state index is 5.97. The molecule has 8 heteroatoms. The lowest BCUT2D eigenvalue weighted by Crippen LogP contribution is -2.44. The van der Waals surface area contributed by atoms with Crippen molar-refractivity contribution in [2.45, 2.75) is 13.0 Å². The van der Waals surface area contributed by atoms with Crippen LogP contribution in [-0.2, 0) is 4.74 Å². The summed E-state index contributed by atoms with van der Waals surface area (Å²) in [6.07, 6.45) is 0. The Kier molecular flexibility index (Phi) is 4.16. The molecule has 0 aliphatic carbocycles. The van der Waals surface area contributed by atoms with Crippen LogP contribution < -0.4 is 21.1 Å². The molecule has 0 amide bonds. The predicted octanol–water partition coefficient (Wildman–Crippen LogP) is 0.937. The highest BCUT2D eigenvalue weighted by Gasteiger charge is 2.21. The quantitative estimate of drug-likeness (QED) is 0.860. The smallest absolute Gasteiger partial charge is 0.215 e. The number of hydrogen-bond acceptors (Lipinski definition) is 8. The molecule has 0 saturated carbocycles. The minimum Gasteiger partial charge on any atom is -0.481 e. The molecule has 1 atom stereocenters. The van der Waals surface area contributed by atoms with Crippen LogP contribution in [0.3, 0.4) is 0 Å². The number of rotatable bonds is 3. The highest BCUT2D eigenvalue weighted by molar-refractivity contribution is 5.64. The zero-order chi connectivity index (χ0) is 16.4. The van der Waals surface area contributed by atoms with Crippen molar-refractivity contribution in [2.24, 2.45) is 0 Å². The Morgan fingerprint density at radius 2 is 1.96 bits per heavy atom. The molecule has 23 heavy (non-hydrogen) atoms. The molecular weight excluding hydrogens is 296 g/mol. The predicted molar refractivity (Wildman–Crippen MR) is 88.3 cm³/mol. The van der Waals surface area contributed by atoms with Gasteiger partial charge in [0.05, 0.1) is 26.4 Å². The molecule has 2 aromatic rings. The lowest BCUT2D eigenvalue weighted by atomic mass is 10.2. The number of hydrogen-bond donors (Lipinski definition) is 2. The summed E-state index contributed by atoms with van der Waals surface area (Å²) in [5, 5.41) is 0. The van der Waals surface area contributed by atoms with E-state index < -0.39 is 0 Å². The van der Waals surface area contributed by atoms with Crippen molar-refractivity contribution in [3.8, 4) is 17.3 Å². The third-order valence-corrected chi connectivity index (χ3v) is 3.68. The van der Waals surface area contributed by atoms with Crippen LogP contribution >= 0.6 is 0 Å². The lowest BCUT2D eigenvalue weighted by molar-refractivity contribution is 0.0985. The number of anilines is 3. The van der Waals surface area contributed by atoms with Crippen LogP contribution in [0.15, 0.2) is 18.2 Å². The third kappa shape index (κ3) is 3.26. The number of methoxy groups -OCH3 is 1. The Morgan fingerprint density at radius 1 is 1.17 bits per heavy atom. The van der Waals surface area contributed by atoms with Gasteiger partial charge >= 0.3 is 0 Å². The first-order valence-corrected chi connectivity index (χ1v) is 7.37. The summed E-state index contributed by atoms with van der Waals surface area (Å²) in [7, 11) is 1.53. The summed E-state index contributed by atoms with van der Waals surface area (Å²) in [4.78, 5) is 15.2. The van der Waals surface area contributed by atoms with Crippen molar-refractivity contribution in [1.82, 2.24) is 15.0 Å². The number of morpholine rings is 1. The minimum atomic E-state index is 0.225. The fourth-order valence-corrected chi connectivity index (χ4v) is 2.56. The van der Waals surface area contributed by atoms with Crippen LogP contribution in [0.2, 0.25) is 0 Å². The van der Waals surface area contributed by atoms with Gasteiger partial charge in [-0.05, 0) is 13.0 Å². The average molecular weight is 316 g/mol. The molecule has 0 radical (unpaired) electrons. The van der Waals surface area contributed by atoms with E-state index in [1.165, 1.54) is 7.11 Å². The van der Waals surface area contributed by atoms with E-state index in [9.17, 15) is 0 Å². The molecule has 4 N–H and O–H groups in total. The first-order valence-electron chi connectivity index (χ1n) is 7.37. The average Bonchev–Trinajstić information content (AvgIpc) is 2.54. The fraction of sp³-hybridized carbons (Fsp3) is 0.400. The van der Waals surface area contributed by atoms with Crippen molar-refractivity contribution in [1.29, 1.82) is 0 Å². The number of nitrogens with two attached hydrogens (primary N) is 2. The van der Waals surface area contributed by atoms with E-state index in [0.29, 0.717) is 42.1 Å². The highest BCUT2D eigenvalue weighted by Crippen LogP contribution is 2.26. The summed E-state index contributed by atoms with van der Waals surface area (Å²) >= 11 is 0. The zero-order valence-electron chi connectivity index (χ0n) is 13.2. The molecule has 1 fully saturated rings. The standard InChI is InChI=1S/C15H20N6O2/c1-9-8-23-4-3-21(9)13-7-12(17)19-15(20-13)10-5-11(16)18-14(6-10)22-2/h5-7,9H,3-4,8H2,1-2H3,(H2,16,18)(H2,17,19,20). The number of aromatic nitrogens is 3. The van der Waals surface area contributed by atoms with Crippen LogP contribution in [0.25, 0.3) is 11.4 Å². The molecule has 122 valence electrons. The summed E-state index contributed by atoms with van der Waals surface area (Å²) in [5.41, 5.74) is 12.5. The van der Waals surface area contributed by atoms with Gasteiger partial charge in [0.2, 0.25) is 5.88 Å². The third-order valence-electron chi connectivity index (χ3n) is 3.68. The van der Waals surface area contributed by atoms with Crippen LogP contribution in [0, 0.1) is 0 Å². The van der Waals surface area contributed by atoms with Gasteiger partial charge in [-0.25, -0.2) is 9.97 Å². The van der Waals surface area contributed by atoms with Crippen LogP contribution in [0.4, 0.5) is 17.5 Å². The first kappa shape index (κ1) is 15.3. The fourth-order valence-electron chi connectivity index (χ4n) is 2.56. The van der Waals surface area contributed by atoms with Gasteiger partial charge in [-0.3, -0.25) is 0 Å². The van der Waals surface area contributed by atoms with E-state index in [1.54, 1.807) is 18.2 Å². The number of ether oxygens (including phenoxy) is 2. The highest BCUT2D eigenvalue weighted by atomic mass is 16.5. The van der Waals surface area contributed by atoms with Gasteiger partial charge in [-0.15, -0.1) is 0 Å². The van der Waals surface area contributed by atoms with Gasteiger partial charge < -0.3 is 25.8 Å². The van der Waals surface area contributed by atoms with Crippen LogP contribution in [0.5, 0.6) is 5.88 Å². The van der Waals surface area contributed by atoms with E-state index >= 15 is 0 Å². The second-order valence-corrected chi connectivity index (χ2v) is 5.41. The van der Waals surface area contributed by atoms with E-state index in [-0.39, 0.29) is 6.04 Å². The van der Waals surface area contributed by atoms with Gasteiger partial charge in [0, 0.05) is 24.2 Å². The largest absolute Gasteiger partial charge is 0.481 e. The Bertz CT molecular complexity index is 708. The molecule has 0 spiro atoms. The molecule has 0 bridgehead atoms. The monoisotopic (exact) mass is 316 g/mol. The van der Waals surface area contributed by atoms with Gasteiger partial charge in [0.15, 0.2) is 5.82 Å². The van der Waals surface area contributed by atoms with E-state index in [2.05, 4.69) is 26.8 Å². The minimum absolute atomic E-state index is 0.225.